The molecule has 8 nitrogen and oxygen atoms in total. The van der Waals surface area contributed by atoms with Crippen LogP contribution < -0.4 is 19.9 Å². The van der Waals surface area contributed by atoms with E-state index in [2.05, 4.69) is 9.44 Å². The normalized spacial score (nSPS) is 11.6. The summed E-state index contributed by atoms with van der Waals surface area (Å²) in [7, 11) is -6.06. The van der Waals surface area contributed by atoms with E-state index in [1.807, 2.05) is 0 Å². The lowest BCUT2D eigenvalue weighted by molar-refractivity contribution is 0.414. The number of nitrogens with one attached hydrogen (secondary N) is 2. The number of hydrogen-bond acceptors (Lipinski definition) is 6. The first kappa shape index (κ1) is 22.9. The molecule has 0 bridgehead atoms. The van der Waals surface area contributed by atoms with Crippen LogP contribution in [0.25, 0.3) is 0 Å². The van der Waals surface area contributed by atoms with Gasteiger partial charge in [0.25, 0.3) is 0 Å². The van der Waals surface area contributed by atoms with E-state index in [9.17, 15) is 16.8 Å². The highest BCUT2D eigenvalue weighted by Crippen LogP contribution is 2.27. The molecule has 0 aliphatic heterocycles. The van der Waals surface area contributed by atoms with Gasteiger partial charge in [-0.15, -0.1) is 12.4 Å². The molecular formula is C13H24ClN3O5S2. The molecule has 24 heavy (non-hydrogen) atoms. The van der Waals surface area contributed by atoms with E-state index in [0.717, 1.165) is 0 Å². The molecule has 0 radical (unpaired) electrons. The molecule has 0 aromatic heterocycles. The first-order valence-electron chi connectivity index (χ1n) is 7.14. The molecule has 0 atom stereocenters. The second-order valence-electron chi connectivity index (χ2n) is 4.76. The van der Waals surface area contributed by atoms with Crippen LogP contribution >= 0.6 is 12.4 Å². The molecule has 140 valence electrons. The van der Waals surface area contributed by atoms with Gasteiger partial charge in [-0.05, 0) is 38.4 Å². The summed E-state index contributed by atoms with van der Waals surface area (Å²) in [6.07, 6.45) is 1.29. The van der Waals surface area contributed by atoms with Crippen LogP contribution in [0.5, 0.6) is 5.75 Å². The third-order valence-corrected chi connectivity index (χ3v) is 5.85. The zero-order valence-corrected chi connectivity index (χ0v) is 16.1. The van der Waals surface area contributed by atoms with Crippen molar-refractivity contribution in [2.24, 2.45) is 5.73 Å². The highest BCUT2D eigenvalue weighted by Gasteiger charge is 2.21. The number of methoxy groups -OCH3 is 1. The van der Waals surface area contributed by atoms with Crippen molar-refractivity contribution in [1.82, 2.24) is 4.72 Å². The molecule has 0 unspecified atom stereocenters. The maximum atomic E-state index is 12.4. The largest absolute Gasteiger partial charge is 0.497 e. The standard InChI is InChI=1S/C13H23N3O5S2.ClH/c1-3-22(17,18)16-12-10-11(21-2)6-7-13(12)23(19,20)15-9-5-4-8-14;/h6-7,10,15-16H,3-5,8-9,14H2,1-2H3;1H. The van der Waals surface area contributed by atoms with Crippen molar-refractivity contribution in [3.63, 3.8) is 0 Å². The molecule has 4 N–H and O–H groups in total. The van der Waals surface area contributed by atoms with Crippen LogP contribution in [0.1, 0.15) is 19.8 Å². The second kappa shape index (κ2) is 10.0. The molecule has 0 heterocycles. The summed E-state index contributed by atoms with van der Waals surface area (Å²) in [5, 5.41) is 0. The van der Waals surface area contributed by atoms with E-state index in [1.54, 1.807) is 0 Å². The Labute approximate surface area is 149 Å². The number of benzene rings is 1. The SMILES string of the molecule is CCS(=O)(=O)Nc1cc(OC)ccc1S(=O)(=O)NCCCCN.Cl. The van der Waals surface area contributed by atoms with Gasteiger partial charge >= 0.3 is 0 Å². The number of sulfonamides is 2. The number of unbranched alkanes of at least 4 members (excludes halogenated alkanes) is 1. The third-order valence-electron chi connectivity index (χ3n) is 3.04. The van der Waals surface area contributed by atoms with Gasteiger partial charge in [-0.3, -0.25) is 4.72 Å². The first-order chi connectivity index (χ1) is 10.8. The van der Waals surface area contributed by atoms with Crippen LogP contribution in [-0.4, -0.2) is 42.8 Å². The molecule has 1 rings (SSSR count). The summed E-state index contributed by atoms with van der Waals surface area (Å²) < 4.78 is 58.0. The Morgan fingerprint density at radius 2 is 1.83 bits per heavy atom. The third kappa shape index (κ3) is 6.81. The Balaban J connectivity index is 0.00000529. The summed E-state index contributed by atoms with van der Waals surface area (Å²) >= 11 is 0. The van der Waals surface area contributed by atoms with Gasteiger partial charge in [-0.25, -0.2) is 21.6 Å². The number of ether oxygens (including phenoxy) is 1. The second-order valence-corrected chi connectivity index (χ2v) is 8.51. The smallest absolute Gasteiger partial charge is 0.242 e. The predicted molar refractivity (Wildman–Crippen MR) is 96.8 cm³/mol. The molecule has 1 aromatic rings. The molecule has 0 aliphatic carbocycles. The maximum Gasteiger partial charge on any atom is 0.242 e. The number of rotatable bonds is 10. The number of nitrogens with two attached hydrogens (primary N) is 1. The van der Waals surface area contributed by atoms with Crippen molar-refractivity contribution in [3.05, 3.63) is 18.2 Å². The molecular weight excluding hydrogens is 378 g/mol. The van der Waals surface area contributed by atoms with Gasteiger partial charge in [-0.1, -0.05) is 0 Å². The molecule has 0 amide bonds. The Morgan fingerprint density at radius 1 is 1.17 bits per heavy atom. The summed E-state index contributed by atoms with van der Waals surface area (Å²) in [6.45, 7) is 2.17. The fourth-order valence-electron chi connectivity index (χ4n) is 1.74. The zero-order valence-electron chi connectivity index (χ0n) is 13.6. The fraction of sp³-hybridized carbons (Fsp3) is 0.538. The summed E-state index contributed by atoms with van der Waals surface area (Å²) in [5.74, 6) is 0.175. The van der Waals surface area contributed by atoms with E-state index in [-0.39, 0.29) is 35.3 Å². The van der Waals surface area contributed by atoms with Crippen LogP contribution in [0.4, 0.5) is 5.69 Å². The van der Waals surface area contributed by atoms with Crippen molar-refractivity contribution in [2.45, 2.75) is 24.7 Å². The van der Waals surface area contributed by atoms with E-state index in [1.165, 1.54) is 32.2 Å². The number of halogens is 1. The highest BCUT2D eigenvalue weighted by molar-refractivity contribution is 7.93. The van der Waals surface area contributed by atoms with Gasteiger partial charge in [-0.2, -0.15) is 0 Å². The lowest BCUT2D eigenvalue weighted by Gasteiger charge is -2.14. The van der Waals surface area contributed by atoms with Crippen LogP contribution in [-0.2, 0) is 20.0 Å². The van der Waals surface area contributed by atoms with Gasteiger partial charge in [0.2, 0.25) is 20.0 Å². The van der Waals surface area contributed by atoms with Crippen LogP contribution in [0.3, 0.4) is 0 Å². The average Bonchev–Trinajstić information content (AvgIpc) is 2.51. The quantitative estimate of drug-likeness (QED) is 0.499. The lowest BCUT2D eigenvalue weighted by atomic mass is 10.3. The molecule has 1 aromatic carbocycles. The van der Waals surface area contributed by atoms with Crippen molar-refractivity contribution in [2.75, 3.05) is 30.7 Å². The van der Waals surface area contributed by atoms with Crippen molar-refractivity contribution >= 4 is 38.1 Å². The summed E-state index contributed by atoms with van der Waals surface area (Å²) in [4.78, 5) is -0.150. The Kier molecular flexibility index (Phi) is 9.59. The molecule has 0 saturated heterocycles. The van der Waals surface area contributed by atoms with E-state index < -0.39 is 20.0 Å². The minimum atomic E-state index is -3.85. The molecule has 0 spiro atoms. The monoisotopic (exact) mass is 401 g/mol. The van der Waals surface area contributed by atoms with E-state index >= 15 is 0 Å². The molecule has 0 aliphatic rings. The van der Waals surface area contributed by atoms with Crippen LogP contribution in [0, 0.1) is 0 Å². The molecule has 11 heteroatoms. The molecule has 0 fully saturated rings. The minimum absolute atomic E-state index is 0. The lowest BCUT2D eigenvalue weighted by Crippen LogP contribution is -2.27. The molecule has 0 saturated carbocycles. The fourth-order valence-corrected chi connectivity index (χ4v) is 3.67. The van der Waals surface area contributed by atoms with Crippen molar-refractivity contribution < 1.29 is 21.6 Å². The zero-order chi connectivity index (χ0) is 17.5. The summed E-state index contributed by atoms with van der Waals surface area (Å²) in [5.41, 5.74) is 5.32. The van der Waals surface area contributed by atoms with Gasteiger partial charge < -0.3 is 10.5 Å². The maximum absolute atomic E-state index is 12.4. The van der Waals surface area contributed by atoms with Gasteiger partial charge in [0.1, 0.15) is 10.6 Å². The number of anilines is 1. The van der Waals surface area contributed by atoms with E-state index in [4.69, 9.17) is 10.5 Å². The summed E-state index contributed by atoms with van der Waals surface area (Å²) in [6, 6.07) is 4.09. The Bertz CT molecular complexity index is 723. The van der Waals surface area contributed by atoms with Crippen molar-refractivity contribution in [3.8, 4) is 5.75 Å². The van der Waals surface area contributed by atoms with E-state index in [0.29, 0.717) is 25.1 Å². The Hall–Kier alpha value is -1.07. The highest BCUT2D eigenvalue weighted by atomic mass is 35.5. The Morgan fingerprint density at radius 3 is 2.38 bits per heavy atom. The first-order valence-corrected chi connectivity index (χ1v) is 10.3. The topological polar surface area (TPSA) is 128 Å². The van der Waals surface area contributed by atoms with Gasteiger partial charge in [0, 0.05) is 12.6 Å². The van der Waals surface area contributed by atoms with Crippen molar-refractivity contribution in [1.29, 1.82) is 0 Å². The minimum Gasteiger partial charge on any atom is -0.497 e. The van der Waals surface area contributed by atoms with Crippen LogP contribution in [0.15, 0.2) is 23.1 Å². The van der Waals surface area contributed by atoms with Crippen LogP contribution in [0.2, 0.25) is 0 Å². The predicted octanol–water partition coefficient (Wildman–Crippen LogP) is 0.896. The average molecular weight is 402 g/mol. The van der Waals surface area contributed by atoms with Gasteiger partial charge in [0.15, 0.2) is 0 Å². The number of hydrogen-bond donors (Lipinski definition) is 3. The van der Waals surface area contributed by atoms with Gasteiger partial charge in [0.05, 0.1) is 18.6 Å².